The Morgan fingerprint density at radius 2 is 1.69 bits per heavy atom. The summed E-state index contributed by atoms with van der Waals surface area (Å²) in [6, 6.07) is 0. The quantitative estimate of drug-likeness (QED) is 0.340. The molecule has 1 unspecified atom stereocenters. The maximum atomic E-state index is 10.2. The van der Waals surface area contributed by atoms with Crippen LogP contribution >= 0.6 is 8.25 Å². The van der Waals surface area contributed by atoms with Gasteiger partial charge in [0.05, 0.1) is 6.61 Å². The number of unbranched alkanes of at least 4 members (excludes halogenated alkanes) is 6. The summed E-state index contributed by atoms with van der Waals surface area (Å²) in [6.45, 7) is 2.58. The summed E-state index contributed by atoms with van der Waals surface area (Å²) in [6.07, 6.45) is 13.8. The first-order chi connectivity index (χ1) is 7.77. The Balaban J connectivity index is 2.98. The fourth-order valence-electron chi connectivity index (χ4n) is 1.52. The Labute approximate surface area is 99.8 Å². The lowest BCUT2D eigenvalue weighted by molar-refractivity contribution is 0.273. The van der Waals surface area contributed by atoms with E-state index in [0.29, 0.717) is 6.61 Å². The molecule has 4 heteroatoms. The summed E-state index contributed by atoms with van der Waals surface area (Å²) in [5, 5.41) is 0. The zero-order chi connectivity index (χ0) is 12.1. The summed E-state index contributed by atoms with van der Waals surface area (Å²) in [7, 11) is -2.70. The fourth-order valence-corrected chi connectivity index (χ4v) is 1.83. The number of rotatable bonds is 11. The third kappa shape index (κ3) is 13.9. The minimum absolute atomic E-state index is 0.424. The van der Waals surface area contributed by atoms with Gasteiger partial charge in [-0.3, -0.25) is 4.57 Å². The molecule has 0 bridgehead atoms. The Hall–Kier alpha value is -0.110. The van der Waals surface area contributed by atoms with Crippen LogP contribution in [0.15, 0.2) is 12.2 Å². The van der Waals surface area contributed by atoms with Gasteiger partial charge in [0.15, 0.2) is 0 Å². The van der Waals surface area contributed by atoms with Crippen molar-refractivity contribution in [2.45, 2.75) is 58.3 Å². The first-order valence-electron chi connectivity index (χ1n) is 6.28. The highest BCUT2D eigenvalue weighted by Gasteiger charge is 1.93. The maximum Gasteiger partial charge on any atom is 0.316 e. The van der Waals surface area contributed by atoms with Gasteiger partial charge in [0.2, 0.25) is 0 Å². The van der Waals surface area contributed by atoms with Gasteiger partial charge in [-0.15, -0.1) is 0 Å². The van der Waals surface area contributed by atoms with Crippen LogP contribution in [0.5, 0.6) is 0 Å². The number of hydrogen-bond donors (Lipinski definition) is 1. The van der Waals surface area contributed by atoms with Crippen LogP contribution in [-0.4, -0.2) is 11.5 Å². The Morgan fingerprint density at radius 3 is 2.31 bits per heavy atom. The standard InChI is InChI=1S/C12H25O3P/c1-2-3-4-5-6-7-8-9-10-11-12-15-16(13)14/h3-4,16H,2,5-12H2,1H3,(H,13,14)/b4-3-. The van der Waals surface area contributed by atoms with E-state index in [2.05, 4.69) is 23.6 Å². The SMILES string of the molecule is CC/C=C\CCCCCCCCO[PH](=O)O. The molecule has 0 heterocycles. The predicted molar refractivity (Wildman–Crippen MR) is 68.9 cm³/mol. The highest BCUT2D eigenvalue weighted by atomic mass is 31.1. The van der Waals surface area contributed by atoms with Gasteiger partial charge in [-0.2, -0.15) is 0 Å². The van der Waals surface area contributed by atoms with Gasteiger partial charge in [-0.1, -0.05) is 44.8 Å². The lowest BCUT2D eigenvalue weighted by Gasteiger charge is -2.01. The smallest absolute Gasteiger partial charge is 0.316 e. The van der Waals surface area contributed by atoms with Crippen molar-refractivity contribution in [3.8, 4) is 0 Å². The zero-order valence-electron chi connectivity index (χ0n) is 10.3. The largest absolute Gasteiger partial charge is 0.326 e. The van der Waals surface area contributed by atoms with Gasteiger partial charge >= 0.3 is 8.25 Å². The molecule has 0 fully saturated rings. The van der Waals surface area contributed by atoms with Crippen molar-refractivity contribution in [2.24, 2.45) is 0 Å². The van der Waals surface area contributed by atoms with E-state index in [4.69, 9.17) is 4.89 Å². The first-order valence-corrected chi connectivity index (χ1v) is 7.54. The Morgan fingerprint density at radius 1 is 1.06 bits per heavy atom. The minimum atomic E-state index is -2.70. The molecule has 0 amide bonds. The molecule has 0 saturated heterocycles. The topological polar surface area (TPSA) is 46.5 Å². The molecular weight excluding hydrogens is 223 g/mol. The van der Waals surface area contributed by atoms with Gasteiger partial charge < -0.3 is 9.42 Å². The molecule has 16 heavy (non-hydrogen) atoms. The normalized spacial score (nSPS) is 13.4. The second kappa shape index (κ2) is 13.0. The van der Waals surface area contributed by atoms with E-state index in [-0.39, 0.29) is 0 Å². The second-order valence-corrected chi connectivity index (χ2v) is 4.72. The van der Waals surface area contributed by atoms with Crippen LogP contribution in [0.1, 0.15) is 58.3 Å². The van der Waals surface area contributed by atoms with Crippen molar-refractivity contribution in [1.29, 1.82) is 0 Å². The minimum Gasteiger partial charge on any atom is -0.326 e. The highest BCUT2D eigenvalue weighted by molar-refractivity contribution is 7.32. The summed E-state index contributed by atoms with van der Waals surface area (Å²) in [4.78, 5) is 8.41. The van der Waals surface area contributed by atoms with Gasteiger partial charge in [-0.05, 0) is 25.7 Å². The highest BCUT2D eigenvalue weighted by Crippen LogP contribution is 2.15. The Kier molecular flexibility index (Phi) is 12.9. The van der Waals surface area contributed by atoms with Gasteiger partial charge in [0.1, 0.15) is 0 Å². The summed E-state index contributed by atoms with van der Waals surface area (Å²) >= 11 is 0. The van der Waals surface area contributed by atoms with Crippen LogP contribution in [0.4, 0.5) is 0 Å². The molecule has 1 atom stereocenters. The predicted octanol–water partition coefficient (Wildman–Crippen LogP) is 4.08. The van der Waals surface area contributed by atoms with Crippen molar-refractivity contribution in [2.75, 3.05) is 6.61 Å². The molecule has 3 nitrogen and oxygen atoms in total. The third-order valence-corrected chi connectivity index (χ3v) is 2.84. The van der Waals surface area contributed by atoms with E-state index in [1.54, 1.807) is 0 Å². The van der Waals surface area contributed by atoms with Crippen LogP contribution in [-0.2, 0) is 9.09 Å². The average molecular weight is 248 g/mol. The molecule has 0 aliphatic carbocycles. The fraction of sp³-hybridized carbons (Fsp3) is 0.833. The number of allylic oxidation sites excluding steroid dienone is 2. The molecule has 0 rings (SSSR count). The molecule has 96 valence electrons. The van der Waals surface area contributed by atoms with Gasteiger partial charge in [-0.25, -0.2) is 0 Å². The average Bonchev–Trinajstić information content (AvgIpc) is 2.25. The van der Waals surface area contributed by atoms with E-state index in [9.17, 15) is 4.57 Å². The molecule has 0 saturated carbocycles. The molecule has 0 spiro atoms. The van der Waals surface area contributed by atoms with Gasteiger partial charge in [0, 0.05) is 0 Å². The molecule has 0 aromatic heterocycles. The molecule has 0 aromatic rings. The molecule has 1 N–H and O–H groups in total. The lowest BCUT2D eigenvalue weighted by Crippen LogP contribution is -1.87. The van der Waals surface area contributed by atoms with Crippen LogP contribution < -0.4 is 0 Å². The summed E-state index contributed by atoms with van der Waals surface area (Å²) in [5.74, 6) is 0. The Bertz CT molecular complexity index is 193. The van der Waals surface area contributed by atoms with E-state index in [1.165, 1.54) is 32.1 Å². The first kappa shape index (κ1) is 15.9. The van der Waals surface area contributed by atoms with Crippen LogP contribution in [0.25, 0.3) is 0 Å². The van der Waals surface area contributed by atoms with Crippen molar-refractivity contribution in [3.63, 3.8) is 0 Å². The van der Waals surface area contributed by atoms with Gasteiger partial charge in [0.25, 0.3) is 0 Å². The second-order valence-electron chi connectivity index (χ2n) is 3.90. The zero-order valence-corrected chi connectivity index (χ0v) is 11.3. The number of hydrogen-bond acceptors (Lipinski definition) is 2. The van der Waals surface area contributed by atoms with Crippen LogP contribution in [0.3, 0.4) is 0 Å². The lowest BCUT2D eigenvalue weighted by atomic mass is 10.1. The molecule has 0 radical (unpaired) electrons. The van der Waals surface area contributed by atoms with E-state index < -0.39 is 8.25 Å². The molecular formula is C12H25O3P. The summed E-state index contributed by atoms with van der Waals surface area (Å²) < 4.78 is 14.8. The monoisotopic (exact) mass is 248 g/mol. The van der Waals surface area contributed by atoms with Crippen LogP contribution in [0.2, 0.25) is 0 Å². The van der Waals surface area contributed by atoms with Crippen molar-refractivity contribution in [1.82, 2.24) is 0 Å². The molecule has 0 aliphatic rings. The summed E-state index contributed by atoms with van der Waals surface area (Å²) in [5.41, 5.74) is 0. The van der Waals surface area contributed by atoms with Crippen LogP contribution in [0, 0.1) is 0 Å². The van der Waals surface area contributed by atoms with E-state index >= 15 is 0 Å². The van der Waals surface area contributed by atoms with Crippen molar-refractivity contribution >= 4 is 8.25 Å². The van der Waals surface area contributed by atoms with E-state index in [1.807, 2.05) is 0 Å². The maximum absolute atomic E-state index is 10.2. The third-order valence-electron chi connectivity index (χ3n) is 2.39. The van der Waals surface area contributed by atoms with E-state index in [0.717, 1.165) is 19.3 Å². The van der Waals surface area contributed by atoms with Crippen molar-refractivity contribution < 1.29 is 14.0 Å². The van der Waals surface area contributed by atoms with Crippen molar-refractivity contribution in [3.05, 3.63) is 12.2 Å². The molecule has 0 aromatic carbocycles. The molecule has 0 aliphatic heterocycles.